The van der Waals surface area contributed by atoms with E-state index >= 15 is 0 Å². The highest BCUT2D eigenvalue weighted by Crippen LogP contribution is 2.28. The van der Waals surface area contributed by atoms with Crippen molar-refractivity contribution in [1.29, 1.82) is 0 Å². The number of amides is 1. The van der Waals surface area contributed by atoms with Gasteiger partial charge in [0.05, 0.1) is 13.0 Å². The van der Waals surface area contributed by atoms with Crippen LogP contribution in [0.2, 0.25) is 5.02 Å². The Labute approximate surface area is 191 Å². The summed E-state index contributed by atoms with van der Waals surface area (Å²) in [5.74, 6) is -0.0163. The molecule has 1 aliphatic heterocycles. The lowest BCUT2D eigenvalue weighted by Gasteiger charge is -2.20. The molecule has 0 spiro atoms. The summed E-state index contributed by atoms with van der Waals surface area (Å²) in [6, 6.07) is 20.4. The maximum Gasteiger partial charge on any atom is 0.252 e. The highest BCUT2D eigenvalue weighted by Gasteiger charge is 2.41. The summed E-state index contributed by atoms with van der Waals surface area (Å²) in [7, 11) is 1.60. The van der Waals surface area contributed by atoms with Crippen LogP contribution in [0.4, 0.5) is 0 Å². The molecule has 1 heterocycles. The van der Waals surface area contributed by atoms with Crippen molar-refractivity contribution in [3.8, 4) is 5.75 Å². The average molecular weight is 448 g/mol. The van der Waals surface area contributed by atoms with Gasteiger partial charge in [0, 0.05) is 21.7 Å². The summed E-state index contributed by atoms with van der Waals surface area (Å²) < 4.78 is 6.80. The van der Waals surface area contributed by atoms with E-state index in [2.05, 4.69) is 10.4 Å². The Morgan fingerprint density at radius 1 is 1.12 bits per heavy atom. The van der Waals surface area contributed by atoms with Gasteiger partial charge in [-0.25, -0.2) is 0 Å². The normalized spacial score (nSPS) is 19.0. The Kier molecular flexibility index (Phi) is 6.23. The first-order chi connectivity index (χ1) is 15.4. The number of benzene rings is 3. The molecule has 0 unspecified atom stereocenters. The van der Waals surface area contributed by atoms with Gasteiger partial charge in [0.1, 0.15) is 11.8 Å². The molecule has 2 atom stereocenters. The largest absolute Gasteiger partial charge is 0.856 e. The van der Waals surface area contributed by atoms with Crippen LogP contribution in [0, 0.1) is 6.92 Å². The highest BCUT2D eigenvalue weighted by atomic mass is 35.5. The number of ether oxygens (including phenoxy) is 1. The van der Waals surface area contributed by atoms with Crippen molar-refractivity contribution in [2.24, 2.45) is 5.10 Å². The number of methoxy groups -OCH3 is 1. The molecule has 1 aliphatic rings. The Morgan fingerprint density at radius 2 is 1.84 bits per heavy atom. The summed E-state index contributed by atoms with van der Waals surface area (Å²) in [6.45, 7) is 1.91. The van der Waals surface area contributed by atoms with E-state index in [1.165, 1.54) is 0 Å². The van der Waals surface area contributed by atoms with Crippen LogP contribution in [0.15, 0.2) is 77.9 Å². The average Bonchev–Trinajstić information content (AvgIpc) is 3.09. The zero-order valence-corrected chi connectivity index (χ0v) is 18.4. The first-order valence-electron chi connectivity index (χ1n) is 10.1. The smallest absolute Gasteiger partial charge is 0.252 e. The van der Waals surface area contributed by atoms with Crippen LogP contribution >= 0.6 is 11.6 Å². The predicted molar refractivity (Wildman–Crippen MR) is 122 cm³/mol. The molecule has 0 saturated heterocycles. The van der Waals surface area contributed by atoms with Crippen molar-refractivity contribution >= 4 is 29.6 Å². The second kappa shape index (κ2) is 9.24. The van der Waals surface area contributed by atoms with Crippen molar-refractivity contribution in [3.05, 3.63) is 100 Å². The molecule has 3 aromatic rings. The van der Waals surface area contributed by atoms with Gasteiger partial charge < -0.3 is 15.2 Å². The van der Waals surface area contributed by atoms with Crippen LogP contribution in [0.5, 0.6) is 5.75 Å². The number of nitrogens with zero attached hydrogens (tertiary/aromatic N) is 2. The molecular formula is C25H22ClN3O3. The highest BCUT2D eigenvalue weighted by molar-refractivity contribution is 6.30. The Bertz CT molecular complexity index is 1190. The molecule has 0 saturated carbocycles. The van der Waals surface area contributed by atoms with Crippen LogP contribution in [0.3, 0.4) is 0 Å². The maximum absolute atomic E-state index is 12.9. The van der Waals surface area contributed by atoms with Crippen molar-refractivity contribution in [1.82, 2.24) is 5.32 Å². The molecular weight excluding hydrogens is 426 g/mol. The maximum atomic E-state index is 12.9. The molecule has 7 heteroatoms. The van der Waals surface area contributed by atoms with Gasteiger partial charge in [-0.05, 0) is 60.6 Å². The minimum atomic E-state index is -0.848. The van der Waals surface area contributed by atoms with Gasteiger partial charge in [-0.1, -0.05) is 46.1 Å². The van der Waals surface area contributed by atoms with Crippen LogP contribution in [0.1, 0.15) is 33.1 Å². The fourth-order valence-corrected chi connectivity index (χ4v) is 3.76. The summed E-state index contributed by atoms with van der Waals surface area (Å²) in [6.07, 6.45) is 1.77. The third-order valence-corrected chi connectivity index (χ3v) is 5.51. The van der Waals surface area contributed by atoms with Crippen molar-refractivity contribution in [3.63, 3.8) is 0 Å². The molecule has 0 fully saturated rings. The van der Waals surface area contributed by atoms with Gasteiger partial charge >= 0.3 is 0 Å². The number of carbonyl (C=O) groups is 1. The van der Waals surface area contributed by atoms with Gasteiger partial charge in [-0.3, -0.25) is 4.79 Å². The van der Waals surface area contributed by atoms with E-state index in [1.54, 1.807) is 42.3 Å². The van der Waals surface area contributed by atoms with E-state index in [4.69, 9.17) is 16.3 Å². The van der Waals surface area contributed by atoms with E-state index in [0.717, 1.165) is 22.4 Å². The molecule has 162 valence electrons. The Morgan fingerprint density at radius 3 is 2.50 bits per heavy atom. The Balaban J connectivity index is 1.69. The molecule has 1 N–H and O–H groups in total. The van der Waals surface area contributed by atoms with E-state index in [1.807, 2.05) is 55.5 Å². The van der Waals surface area contributed by atoms with E-state index in [-0.39, 0.29) is 5.91 Å². The molecule has 0 bridgehead atoms. The first kappa shape index (κ1) is 21.6. The second-order valence-corrected chi connectivity index (χ2v) is 7.97. The molecule has 1 amide bonds. The lowest BCUT2D eigenvalue weighted by atomic mass is 9.99. The van der Waals surface area contributed by atoms with Crippen molar-refractivity contribution < 1.29 is 19.3 Å². The third-order valence-electron chi connectivity index (χ3n) is 5.26. The zero-order valence-electron chi connectivity index (χ0n) is 17.7. The number of hydrogen-bond donors (Lipinski definition) is 1. The minimum Gasteiger partial charge on any atom is -0.856 e. The third kappa shape index (κ3) is 4.65. The minimum absolute atomic E-state index is 0.326. The Hall–Kier alpha value is -3.64. The molecule has 0 aromatic heterocycles. The van der Waals surface area contributed by atoms with Crippen LogP contribution in [0.25, 0.3) is 0 Å². The number of hydrazone groups is 1. The van der Waals surface area contributed by atoms with Gasteiger partial charge in [-0.2, -0.15) is 0 Å². The number of carbonyl (C=O) groups excluding carboxylic acids is 1. The van der Waals surface area contributed by atoms with Crippen LogP contribution < -0.4 is 15.2 Å². The summed E-state index contributed by atoms with van der Waals surface area (Å²) in [4.78, 5) is 12.9. The number of rotatable bonds is 5. The summed E-state index contributed by atoms with van der Waals surface area (Å²) >= 11 is 6.06. The van der Waals surface area contributed by atoms with Crippen LogP contribution in [-0.4, -0.2) is 35.9 Å². The quantitative estimate of drug-likeness (QED) is 0.609. The molecule has 4 rings (SSSR count). The lowest BCUT2D eigenvalue weighted by molar-refractivity contribution is -0.565. The van der Waals surface area contributed by atoms with Crippen molar-refractivity contribution in [2.45, 2.75) is 19.0 Å². The van der Waals surface area contributed by atoms with Gasteiger partial charge in [0.15, 0.2) is 0 Å². The second-order valence-electron chi connectivity index (χ2n) is 7.54. The van der Waals surface area contributed by atoms with E-state index < -0.39 is 18.0 Å². The van der Waals surface area contributed by atoms with Crippen LogP contribution in [-0.2, 0) is 0 Å². The molecule has 3 aromatic carbocycles. The summed E-state index contributed by atoms with van der Waals surface area (Å²) in [5.41, 5.74) is 3.10. The summed E-state index contributed by atoms with van der Waals surface area (Å²) in [5, 5.41) is 20.5. The molecule has 32 heavy (non-hydrogen) atoms. The molecule has 6 nitrogen and oxygen atoms in total. The van der Waals surface area contributed by atoms with Gasteiger partial charge in [0.25, 0.3) is 5.91 Å². The lowest BCUT2D eigenvalue weighted by Crippen LogP contribution is -2.47. The number of hydrogen-bond acceptors (Lipinski definition) is 4. The van der Waals surface area contributed by atoms with E-state index in [0.29, 0.717) is 10.6 Å². The monoisotopic (exact) mass is 447 g/mol. The SMILES string of the molecule is COc1ccc(/C=[N+]2\N=C([O-])[C@H](NC(=O)c3cccc(C)c3)[C@H]2c2ccc(Cl)cc2)cc1. The van der Waals surface area contributed by atoms with Crippen molar-refractivity contribution in [2.75, 3.05) is 7.11 Å². The standard InChI is InChI=1S/C25H22ClN3O3/c1-16-4-3-5-19(14-16)24(30)27-22-23(18-8-10-20(26)11-9-18)29(28-25(22)31)15-17-6-12-21(32-2)13-7-17/h3-15,22-23H,1-2H3,(H-,27,28,30,31)/b29-15-/t22-,23-/m1/s1. The zero-order chi connectivity index (χ0) is 22.7. The van der Waals surface area contributed by atoms with Gasteiger partial charge in [-0.15, -0.1) is 0 Å². The van der Waals surface area contributed by atoms with E-state index in [9.17, 15) is 9.90 Å². The fourth-order valence-electron chi connectivity index (χ4n) is 3.63. The predicted octanol–water partition coefficient (Wildman–Crippen LogP) is 3.32. The fraction of sp³-hybridized carbons (Fsp3) is 0.160. The topological polar surface area (TPSA) is 76.8 Å². The van der Waals surface area contributed by atoms with Gasteiger partial charge in [0.2, 0.25) is 12.3 Å². The molecule has 0 aliphatic carbocycles. The number of halogens is 1. The molecule has 0 radical (unpaired) electrons. The first-order valence-corrected chi connectivity index (χ1v) is 10.5. The number of nitrogens with one attached hydrogen (secondary N) is 1. The number of aryl methyl sites for hydroxylation is 1.